The van der Waals surface area contributed by atoms with Gasteiger partial charge < -0.3 is 9.84 Å². The largest absolute Gasteiger partial charge is 0.477 e. The molecule has 1 atom stereocenters. The van der Waals surface area contributed by atoms with Gasteiger partial charge in [-0.1, -0.05) is 48.5 Å². The highest BCUT2D eigenvalue weighted by atomic mass is 19.1. The van der Waals surface area contributed by atoms with Crippen LogP contribution in [0.1, 0.15) is 46.3 Å². The van der Waals surface area contributed by atoms with Crippen LogP contribution in [0.15, 0.2) is 72.8 Å². The number of pyridine rings is 1. The molecular formula is C25H25FN2O3. The van der Waals surface area contributed by atoms with Gasteiger partial charge in [0.05, 0.1) is 11.8 Å². The molecule has 2 heterocycles. The van der Waals surface area contributed by atoms with Gasteiger partial charge in [-0.05, 0) is 48.2 Å². The highest BCUT2D eigenvalue weighted by molar-refractivity contribution is 5.85. The maximum absolute atomic E-state index is 13.4. The van der Waals surface area contributed by atoms with Crippen LogP contribution in [0.2, 0.25) is 0 Å². The number of piperidine rings is 1. The Morgan fingerprint density at radius 3 is 2.35 bits per heavy atom. The normalized spacial score (nSPS) is 16.2. The number of carboxylic acids is 1. The summed E-state index contributed by atoms with van der Waals surface area (Å²) in [5.41, 5.74) is 2.81. The molecular weight excluding hydrogens is 395 g/mol. The summed E-state index contributed by atoms with van der Waals surface area (Å²) in [6, 6.07) is 21.6. The molecule has 0 radical (unpaired) electrons. The van der Waals surface area contributed by atoms with Crippen LogP contribution < -0.4 is 0 Å². The molecule has 2 aromatic carbocycles. The zero-order valence-corrected chi connectivity index (χ0v) is 17.2. The van der Waals surface area contributed by atoms with E-state index in [1.54, 1.807) is 18.2 Å². The van der Waals surface area contributed by atoms with Gasteiger partial charge in [-0.2, -0.15) is 0 Å². The Morgan fingerprint density at radius 2 is 1.68 bits per heavy atom. The Balaban J connectivity index is 1.39. The molecule has 0 spiro atoms. The van der Waals surface area contributed by atoms with E-state index in [2.05, 4.69) is 9.88 Å². The zero-order valence-electron chi connectivity index (χ0n) is 17.2. The lowest BCUT2D eigenvalue weighted by Gasteiger charge is -2.34. The van der Waals surface area contributed by atoms with Crippen LogP contribution >= 0.6 is 0 Å². The van der Waals surface area contributed by atoms with Crippen LogP contribution in [0.25, 0.3) is 0 Å². The quantitative estimate of drug-likeness (QED) is 0.601. The Labute approximate surface area is 181 Å². The van der Waals surface area contributed by atoms with Gasteiger partial charge in [-0.25, -0.2) is 14.2 Å². The standard InChI is InChI=1S/C25H25FN2O3/c26-20-11-9-19(10-12-20)24(18-5-2-1-3-6-18)31-22-13-15-28(16-14-22)17-21-7-4-8-23(27-21)25(29)30/h1-12,22,24H,13-17H2,(H,29,30). The van der Waals surface area contributed by atoms with Crippen molar-refractivity contribution < 1.29 is 19.0 Å². The number of benzene rings is 2. The van der Waals surface area contributed by atoms with Crippen LogP contribution in [0.3, 0.4) is 0 Å². The average Bonchev–Trinajstić information content (AvgIpc) is 2.80. The molecule has 5 nitrogen and oxygen atoms in total. The van der Waals surface area contributed by atoms with E-state index < -0.39 is 5.97 Å². The second-order valence-corrected chi connectivity index (χ2v) is 7.77. The predicted octanol–water partition coefficient (Wildman–Crippen LogP) is 4.69. The molecule has 1 unspecified atom stereocenters. The van der Waals surface area contributed by atoms with Crippen molar-refractivity contribution in [3.05, 3.63) is 101 Å². The molecule has 3 aromatic rings. The van der Waals surface area contributed by atoms with Gasteiger partial charge in [0.2, 0.25) is 0 Å². The molecule has 0 bridgehead atoms. The lowest BCUT2D eigenvalue weighted by atomic mass is 10.00. The highest BCUT2D eigenvalue weighted by Crippen LogP contribution is 2.30. The lowest BCUT2D eigenvalue weighted by molar-refractivity contribution is -0.0283. The predicted molar refractivity (Wildman–Crippen MR) is 115 cm³/mol. The third-order valence-electron chi connectivity index (χ3n) is 5.55. The summed E-state index contributed by atoms with van der Waals surface area (Å²) < 4.78 is 19.9. The molecule has 4 rings (SSSR count). The van der Waals surface area contributed by atoms with E-state index >= 15 is 0 Å². The van der Waals surface area contributed by atoms with E-state index in [1.165, 1.54) is 18.2 Å². The van der Waals surface area contributed by atoms with Crippen LogP contribution in [0.4, 0.5) is 4.39 Å². The molecule has 0 aliphatic carbocycles. The molecule has 1 saturated heterocycles. The summed E-state index contributed by atoms with van der Waals surface area (Å²) in [4.78, 5) is 17.6. The number of aromatic nitrogens is 1. The summed E-state index contributed by atoms with van der Waals surface area (Å²) >= 11 is 0. The molecule has 160 valence electrons. The first-order chi connectivity index (χ1) is 15.1. The van der Waals surface area contributed by atoms with E-state index in [4.69, 9.17) is 9.84 Å². The minimum absolute atomic E-state index is 0.0701. The van der Waals surface area contributed by atoms with Crippen molar-refractivity contribution >= 4 is 5.97 Å². The minimum Gasteiger partial charge on any atom is -0.477 e. The molecule has 1 aromatic heterocycles. The third kappa shape index (κ3) is 5.54. The molecule has 31 heavy (non-hydrogen) atoms. The van der Waals surface area contributed by atoms with E-state index in [9.17, 15) is 9.18 Å². The van der Waals surface area contributed by atoms with Crippen molar-refractivity contribution in [2.45, 2.75) is 31.6 Å². The molecule has 1 aliphatic heterocycles. The Kier molecular flexibility index (Phi) is 6.70. The van der Waals surface area contributed by atoms with Gasteiger partial charge in [-0.3, -0.25) is 4.90 Å². The molecule has 1 fully saturated rings. The van der Waals surface area contributed by atoms with Crippen molar-refractivity contribution in [2.24, 2.45) is 0 Å². The summed E-state index contributed by atoms with van der Waals surface area (Å²) in [5.74, 6) is -1.27. The number of hydrogen-bond donors (Lipinski definition) is 1. The second kappa shape index (κ2) is 9.81. The Morgan fingerprint density at radius 1 is 1.00 bits per heavy atom. The average molecular weight is 420 g/mol. The molecule has 0 saturated carbocycles. The fourth-order valence-corrected chi connectivity index (χ4v) is 3.93. The number of likely N-dealkylation sites (tertiary alicyclic amines) is 1. The summed E-state index contributed by atoms with van der Waals surface area (Å²) in [7, 11) is 0. The van der Waals surface area contributed by atoms with Crippen molar-refractivity contribution in [3.8, 4) is 0 Å². The van der Waals surface area contributed by atoms with Gasteiger partial charge in [0.25, 0.3) is 0 Å². The van der Waals surface area contributed by atoms with Crippen LogP contribution in [0, 0.1) is 5.82 Å². The Bertz CT molecular complexity index is 1000. The van der Waals surface area contributed by atoms with Crippen molar-refractivity contribution in [3.63, 3.8) is 0 Å². The monoisotopic (exact) mass is 420 g/mol. The van der Waals surface area contributed by atoms with Gasteiger partial charge in [0.1, 0.15) is 17.6 Å². The fourth-order valence-electron chi connectivity index (χ4n) is 3.93. The van der Waals surface area contributed by atoms with Gasteiger partial charge in [-0.15, -0.1) is 0 Å². The van der Waals surface area contributed by atoms with Crippen molar-refractivity contribution in [2.75, 3.05) is 13.1 Å². The first kappa shape index (κ1) is 21.2. The molecule has 1 N–H and O–H groups in total. The van der Waals surface area contributed by atoms with E-state index in [0.29, 0.717) is 6.54 Å². The number of ether oxygens (including phenoxy) is 1. The maximum Gasteiger partial charge on any atom is 0.354 e. The Hall–Kier alpha value is -3.09. The first-order valence-corrected chi connectivity index (χ1v) is 10.5. The maximum atomic E-state index is 13.4. The van der Waals surface area contributed by atoms with Gasteiger partial charge >= 0.3 is 5.97 Å². The second-order valence-electron chi connectivity index (χ2n) is 7.77. The molecule has 1 aliphatic rings. The lowest BCUT2D eigenvalue weighted by Crippen LogP contribution is -2.37. The molecule has 0 amide bonds. The molecule has 6 heteroatoms. The third-order valence-corrected chi connectivity index (χ3v) is 5.55. The number of carbonyl (C=O) groups is 1. The number of rotatable bonds is 7. The van der Waals surface area contributed by atoms with Gasteiger partial charge in [0.15, 0.2) is 0 Å². The summed E-state index contributed by atoms with van der Waals surface area (Å²) in [5, 5.41) is 9.12. The van der Waals surface area contributed by atoms with Crippen LogP contribution in [-0.2, 0) is 11.3 Å². The summed E-state index contributed by atoms with van der Waals surface area (Å²) in [6.07, 6.45) is 1.57. The number of aromatic carboxylic acids is 1. The van der Waals surface area contributed by atoms with Crippen molar-refractivity contribution in [1.29, 1.82) is 0 Å². The topological polar surface area (TPSA) is 62.7 Å². The minimum atomic E-state index is -1.01. The van der Waals surface area contributed by atoms with Gasteiger partial charge in [0, 0.05) is 19.6 Å². The van der Waals surface area contributed by atoms with E-state index in [-0.39, 0.29) is 23.7 Å². The van der Waals surface area contributed by atoms with Crippen molar-refractivity contribution in [1.82, 2.24) is 9.88 Å². The number of hydrogen-bond acceptors (Lipinski definition) is 4. The smallest absolute Gasteiger partial charge is 0.354 e. The number of carboxylic acid groups (broad SMARTS) is 1. The zero-order chi connectivity index (χ0) is 21.6. The SMILES string of the molecule is O=C(O)c1cccc(CN2CCC(OC(c3ccccc3)c3ccc(F)cc3)CC2)n1. The van der Waals surface area contributed by atoms with E-state index in [0.717, 1.165) is 42.8 Å². The van der Waals surface area contributed by atoms with E-state index in [1.807, 2.05) is 36.4 Å². The highest BCUT2D eigenvalue weighted by Gasteiger charge is 2.25. The summed E-state index contributed by atoms with van der Waals surface area (Å²) in [6.45, 7) is 2.30. The van der Waals surface area contributed by atoms with Crippen LogP contribution in [-0.4, -0.2) is 40.2 Å². The van der Waals surface area contributed by atoms with Crippen LogP contribution in [0.5, 0.6) is 0 Å². The first-order valence-electron chi connectivity index (χ1n) is 10.5. The number of nitrogens with zero attached hydrogens (tertiary/aromatic N) is 2. The number of halogens is 1. The fraction of sp³-hybridized carbons (Fsp3) is 0.280.